The molecule has 374 valence electrons. The Balaban J connectivity index is 0.00000241. The Morgan fingerprint density at radius 1 is 0.319 bits per heavy atom. The van der Waals surface area contributed by atoms with Gasteiger partial charge in [-0.3, -0.25) is 0 Å². The topological polar surface area (TPSA) is 46.5 Å². The molecular weight excluding hydrogens is 1130 g/mol. The van der Waals surface area contributed by atoms with Crippen LogP contribution in [0.2, 0.25) is 0 Å². The Bertz CT molecular complexity index is 3610. The van der Waals surface area contributed by atoms with Crippen LogP contribution in [0.3, 0.4) is 0 Å². The number of aromatic amines is 1. The van der Waals surface area contributed by atoms with Crippen LogP contribution >= 0.6 is 0 Å². The number of benzene rings is 4. The smallest absolute Gasteiger partial charge is 1.00 e. The van der Waals surface area contributed by atoms with E-state index in [0.29, 0.717) is 6.08 Å². The normalized spacial score (nSPS) is 11.6. The summed E-state index contributed by atoms with van der Waals surface area (Å²) in [5.41, 5.74) is -24.1. The third kappa shape index (κ3) is 8.33. The quantitative estimate of drug-likeness (QED) is 0.118. The molecule has 8 bridgehead atoms. The van der Waals surface area contributed by atoms with Gasteiger partial charge in [0.1, 0.15) is 5.69 Å². The van der Waals surface area contributed by atoms with Crippen molar-refractivity contribution in [2.24, 2.45) is 0 Å². The minimum Gasteiger partial charge on any atom is -1.00 e. The molecule has 9 rings (SSSR count). The fraction of sp³-hybridized carbons (Fsp3) is 0. The zero-order valence-electron chi connectivity index (χ0n) is 33.6. The number of hydrogen-bond acceptors (Lipinski definition) is 2. The number of H-pyrrole nitrogens is 1. The van der Waals surface area contributed by atoms with E-state index in [1.807, 2.05) is 0 Å². The van der Waals surface area contributed by atoms with Gasteiger partial charge in [-0.1, -0.05) is 0 Å². The molecule has 7 aromatic rings. The van der Waals surface area contributed by atoms with Gasteiger partial charge in [0.25, 0.3) is 0 Å². The molecule has 2 aliphatic rings. The summed E-state index contributed by atoms with van der Waals surface area (Å²) in [5, 5.41) is 0. The molecule has 0 fully saturated rings. The Hall–Kier alpha value is -6.53. The fourth-order valence-corrected chi connectivity index (χ4v) is 7.53. The second-order valence-corrected chi connectivity index (χ2v) is 14.3. The van der Waals surface area contributed by atoms with Gasteiger partial charge in [-0.15, -0.1) is 0 Å². The summed E-state index contributed by atoms with van der Waals surface area (Å²) >= 11 is 0. The molecule has 0 amide bonds. The van der Waals surface area contributed by atoms with E-state index in [9.17, 15) is 17.6 Å². The summed E-state index contributed by atoms with van der Waals surface area (Å²) < 4.78 is 313. The number of rotatable bonds is 4. The van der Waals surface area contributed by atoms with E-state index in [2.05, 4.69) is 15.0 Å². The van der Waals surface area contributed by atoms with Gasteiger partial charge in [-0.05, 0) is 54.6 Å². The van der Waals surface area contributed by atoms with Crippen LogP contribution < -0.4 is 37.2 Å². The third-order valence-electron chi connectivity index (χ3n) is 10.5. The summed E-state index contributed by atoms with van der Waals surface area (Å²) in [6, 6.07) is 5.15. The summed E-state index contributed by atoms with van der Waals surface area (Å²) in [7, 11) is 0. The zero-order chi connectivity index (χ0) is 49.3. The van der Waals surface area contributed by atoms with Gasteiger partial charge in [0.15, 0.2) is 93.1 Å². The average molecular weight is 1140 g/mol. The van der Waals surface area contributed by atoms with E-state index >= 15 is 70.2 Å². The Morgan fingerprint density at radius 3 is 1.03 bits per heavy atom. The van der Waals surface area contributed by atoms with Gasteiger partial charge in [0, 0.05) is 27.7 Å². The van der Waals surface area contributed by atoms with Gasteiger partial charge in [-0.25, -0.2) is 97.8 Å². The van der Waals surface area contributed by atoms with Crippen molar-refractivity contribution in [3.8, 4) is 39.1 Å². The molecule has 0 atom stereocenters. The largest absolute Gasteiger partial charge is 3.00 e. The summed E-state index contributed by atoms with van der Waals surface area (Å²) in [6.07, 6.45) is 3.17. The first-order valence-electron chi connectivity index (χ1n) is 18.3. The van der Waals surface area contributed by atoms with Crippen LogP contribution in [0.25, 0.3) is 85.4 Å². The first-order valence-corrected chi connectivity index (χ1v) is 18.3. The van der Waals surface area contributed by atoms with E-state index < -0.39 is 188 Å². The number of nitrogens with zero attached hydrogens (tertiary/aromatic N) is 3. The van der Waals surface area contributed by atoms with Crippen molar-refractivity contribution in [2.45, 2.75) is 0 Å². The van der Waals surface area contributed by atoms with Crippen molar-refractivity contribution in [1.82, 2.24) is 19.5 Å². The third-order valence-corrected chi connectivity index (χ3v) is 10.5. The Kier molecular flexibility index (Phi) is 15.8. The predicted molar refractivity (Wildman–Crippen MR) is 199 cm³/mol. The van der Waals surface area contributed by atoms with Crippen LogP contribution in [0.15, 0.2) is 30.3 Å². The molecule has 4 nitrogen and oxygen atoms in total. The van der Waals surface area contributed by atoms with Gasteiger partial charge < -0.3 is 46.8 Å². The SMILES string of the molecule is Fc1c(F)c(F)c(-c2c(-c3c(F)c(F)c(F)c(F)c3F)c3c(-c4c(F)c(F)c(F)c(F)c4F)c4nc(cc5ccc(cc6nc(cc2n3-c2c(F)c(F)c(F)c(F)c2F)C=C6)[nH]5)C=C4)c(F)c1F.[Cl-].[Cl-].[Cl-].[Mn+3]. The molecule has 28 heteroatoms. The summed E-state index contributed by atoms with van der Waals surface area (Å²) in [5.74, 6) is -61.3. The number of fused-ring (bicyclic) bond motifs is 8. The zero-order valence-corrected chi connectivity index (χ0v) is 37.1. The molecular formula is C44H10Cl3F20MnN4. The van der Waals surface area contributed by atoms with E-state index in [0.717, 1.165) is 24.3 Å². The molecule has 1 N–H and O–H groups in total. The number of halogens is 23. The maximum absolute atomic E-state index is 16.5. The second kappa shape index (κ2) is 20.2. The molecule has 0 unspecified atom stereocenters. The molecule has 5 heterocycles. The number of aromatic nitrogens is 4. The molecule has 2 aliphatic heterocycles. The van der Waals surface area contributed by atoms with Crippen molar-refractivity contribution in [2.75, 3.05) is 0 Å². The van der Waals surface area contributed by atoms with Crippen molar-refractivity contribution >= 4 is 46.4 Å². The number of nitrogens with one attached hydrogen (secondary N) is 1. The Labute approximate surface area is 415 Å². The van der Waals surface area contributed by atoms with E-state index in [1.54, 1.807) is 0 Å². The van der Waals surface area contributed by atoms with Crippen LogP contribution in [0, 0.1) is 116 Å². The fourth-order valence-electron chi connectivity index (χ4n) is 7.53. The first kappa shape index (κ1) is 56.4. The van der Waals surface area contributed by atoms with E-state index in [4.69, 9.17) is 0 Å². The standard InChI is InChI=1S/C44H10F20N4.3ClH.Mn/c45-23-20(24(46)30(52)35(57)29(23)51)17-15-6-5-13(67-15)8-12-2-1-10(65-12)7-11-3-4-14(66-11)9-16-18(21-25(47)31(53)36(58)32(54)26(21)48)19(22-27(49)33(55)37(59)34(56)28(22)50)43(17)68(16)44-41(63)39(61)38(60)40(62)42(44)64;;;;/h1-9,65H;3*1H;/q;;;;+3/p-3. The van der Waals surface area contributed by atoms with Gasteiger partial charge in [-0.2, -0.15) is 0 Å². The van der Waals surface area contributed by atoms with Crippen molar-refractivity contribution in [1.29, 1.82) is 0 Å². The minimum absolute atomic E-state index is 0. The average Bonchev–Trinajstić information content (AvgIpc) is 4.14. The maximum atomic E-state index is 16.5. The predicted octanol–water partition coefficient (Wildman–Crippen LogP) is 4.91. The molecule has 0 aliphatic carbocycles. The van der Waals surface area contributed by atoms with Crippen molar-refractivity contribution in [3.63, 3.8) is 0 Å². The van der Waals surface area contributed by atoms with E-state index in [-0.39, 0.29) is 77.1 Å². The second-order valence-electron chi connectivity index (χ2n) is 14.3. The van der Waals surface area contributed by atoms with Gasteiger partial charge >= 0.3 is 17.1 Å². The van der Waals surface area contributed by atoms with Crippen LogP contribution in [-0.4, -0.2) is 19.5 Å². The molecule has 3 aromatic heterocycles. The molecule has 0 saturated heterocycles. The monoisotopic (exact) mass is 1130 g/mol. The van der Waals surface area contributed by atoms with Crippen LogP contribution in [0.1, 0.15) is 22.8 Å². The van der Waals surface area contributed by atoms with Gasteiger partial charge in [0.2, 0.25) is 23.3 Å². The van der Waals surface area contributed by atoms with Crippen molar-refractivity contribution < 1.29 is 142 Å². The van der Waals surface area contributed by atoms with Gasteiger partial charge in [0.05, 0.1) is 50.5 Å². The molecule has 0 saturated carbocycles. The van der Waals surface area contributed by atoms with Crippen LogP contribution in [0.4, 0.5) is 87.8 Å². The molecule has 72 heavy (non-hydrogen) atoms. The summed E-state index contributed by atoms with van der Waals surface area (Å²) in [6.45, 7) is 0. The summed E-state index contributed by atoms with van der Waals surface area (Å²) in [4.78, 5) is 10.8. The van der Waals surface area contributed by atoms with Crippen LogP contribution in [0.5, 0.6) is 0 Å². The minimum atomic E-state index is -3.15. The number of hydrogen-bond donors (Lipinski definition) is 1. The van der Waals surface area contributed by atoms with E-state index in [1.165, 1.54) is 18.2 Å². The maximum Gasteiger partial charge on any atom is 3.00 e. The van der Waals surface area contributed by atoms with Crippen molar-refractivity contribution in [3.05, 3.63) is 169 Å². The molecule has 0 radical (unpaired) electrons. The van der Waals surface area contributed by atoms with Crippen LogP contribution in [-0.2, 0) is 17.1 Å². The Morgan fingerprint density at radius 2 is 0.625 bits per heavy atom. The molecule has 0 spiro atoms. The first-order chi connectivity index (χ1) is 32.1. The molecule has 4 aromatic carbocycles.